The van der Waals surface area contributed by atoms with E-state index in [-0.39, 0.29) is 95.2 Å². The average molecular weight is 797 g/mol. The van der Waals surface area contributed by atoms with Crippen LogP contribution in [0.2, 0.25) is 0 Å². The molecule has 0 saturated carbocycles. The Balaban J connectivity index is 1.63. The van der Waals surface area contributed by atoms with Crippen LogP contribution in [0.4, 0.5) is 0 Å². The van der Waals surface area contributed by atoms with Crippen molar-refractivity contribution in [3.63, 3.8) is 0 Å². The maximum atomic E-state index is 14.5. The zero-order valence-corrected chi connectivity index (χ0v) is 32.0. The Morgan fingerprint density at radius 3 is 1.86 bits per heavy atom. The van der Waals surface area contributed by atoms with E-state index in [1.807, 2.05) is 0 Å². The molecule has 4 heterocycles. The summed E-state index contributed by atoms with van der Waals surface area (Å²) in [6.45, 7) is 1.75. The zero-order chi connectivity index (χ0) is 41.2. The highest BCUT2D eigenvalue weighted by Gasteiger charge is 2.57. The molecule has 0 aliphatic carbocycles. The summed E-state index contributed by atoms with van der Waals surface area (Å²) in [5, 5.41) is 11.3. The molecule has 19 heteroatoms. The molecule has 302 valence electrons. The van der Waals surface area contributed by atoms with Gasteiger partial charge in [0.2, 0.25) is 17.2 Å². The Labute approximate surface area is 321 Å². The predicted octanol–water partition coefficient (Wildman–Crippen LogP) is 3.05. The molecule has 1 fully saturated rings. The van der Waals surface area contributed by atoms with Gasteiger partial charge in [-0.15, -0.1) is 0 Å². The summed E-state index contributed by atoms with van der Waals surface area (Å²) < 4.78 is 74.7. The number of carbonyl (C=O) groups is 3. The normalized spacial score (nSPS) is 19.1. The lowest BCUT2D eigenvalue weighted by Gasteiger charge is -2.32. The van der Waals surface area contributed by atoms with Crippen LogP contribution in [0.1, 0.15) is 35.9 Å². The molecule has 1 N–H and O–H groups in total. The van der Waals surface area contributed by atoms with E-state index < -0.39 is 66.3 Å². The molecule has 3 aromatic carbocycles. The topological polar surface area (TPSA) is 233 Å². The fourth-order valence-corrected chi connectivity index (χ4v) is 7.76. The lowest BCUT2D eigenvalue weighted by Crippen LogP contribution is -2.45. The van der Waals surface area contributed by atoms with Crippen molar-refractivity contribution in [3.05, 3.63) is 38.0 Å². The summed E-state index contributed by atoms with van der Waals surface area (Å²) in [6.07, 6.45) is -7.20. The first-order chi connectivity index (χ1) is 27.3. The highest BCUT2D eigenvalue weighted by molar-refractivity contribution is 6.26. The van der Waals surface area contributed by atoms with Crippen molar-refractivity contribution in [2.75, 3.05) is 56.4 Å². The molecular weight excluding hydrogens is 760 g/mol. The molecule has 19 nitrogen and oxygen atoms in total. The second kappa shape index (κ2) is 14.6. The van der Waals surface area contributed by atoms with Gasteiger partial charge in [0.05, 0.1) is 66.1 Å². The van der Waals surface area contributed by atoms with Gasteiger partial charge in [-0.25, -0.2) is 14.4 Å². The molecule has 2 aliphatic heterocycles. The maximum absolute atomic E-state index is 14.5. The molecule has 0 bridgehead atoms. The van der Waals surface area contributed by atoms with Crippen LogP contribution in [0.25, 0.3) is 43.8 Å². The second-order valence-electron chi connectivity index (χ2n) is 12.8. The summed E-state index contributed by atoms with van der Waals surface area (Å²) >= 11 is 0. The number of aliphatic hydroxyl groups is 1. The second-order valence-corrected chi connectivity index (χ2v) is 12.8. The number of rotatable bonds is 12. The number of aliphatic hydroxyl groups excluding tert-OH is 1. The summed E-state index contributed by atoms with van der Waals surface area (Å²) in [6, 6.07) is 1.36. The minimum Gasteiger partial charge on any atom is -0.493 e. The van der Waals surface area contributed by atoms with Gasteiger partial charge < -0.3 is 66.0 Å². The molecule has 2 aliphatic rings. The monoisotopic (exact) mass is 796 g/mol. The van der Waals surface area contributed by atoms with Crippen LogP contribution in [-0.4, -0.2) is 104 Å². The van der Waals surface area contributed by atoms with Gasteiger partial charge in [-0.05, 0) is 6.07 Å². The summed E-state index contributed by atoms with van der Waals surface area (Å²) in [5.41, 5.74) is -2.87. The van der Waals surface area contributed by atoms with Crippen molar-refractivity contribution in [2.24, 2.45) is 0 Å². The highest BCUT2D eigenvalue weighted by Crippen LogP contribution is 2.60. The molecule has 0 unspecified atom stereocenters. The van der Waals surface area contributed by atoms with Gasteiger partial charge in [0.15, 0.2) is 46.4 Å². The minimum atomic E-state index is -1.64. The van der Waals surface area contributed by atoms with Crippen LogP contribution in [0.3, 0.4) is 0 Å². The van der Waals surface area contributed by atoms with Crippen LogP contribution in [0.15, 0.2) is 24.5 Å². The molecule has 0 amide bonds. The lowest BCUT2D eigenvalue weighted by atomic mass is 9.84. The van der Waals surface area contributed by atoms with E-state index in [0.717, 1.165) is 13.8 Å². The van der Waals surface area contributed by atoms with E-state index in [0.29, 0.717) is 0 Å². The van der Waals surface area contributed by atoms with E-state index in [9.17, 15) is 29.1 Å². The standard InChI is InChI=1S/C38H36O19/c1-12(39)52-11-16(53-13(2)40)25-24(41)33-32(54-25)23-22(38(44)57-33)20(27(47-5)34(50-8)29(23)49-7)19-21-18-17-14(36(42)55-31(18)35(51-9)28(19)48-6)10-15(45-3)26(46-4)30(17)56-37(21)43/h10,16,24-25,32-33,41H,11H2,1-9H3/t16-,24+,25-,32-,33-/m1/s1. The zero-order valence-electron chi connectivity index (χ0n) is 32.0. The smallest absolute Gasteiger partial charge is 0.345 e. The van der Waals surface area contributed by atoms with Gasteiger partial charge in [0, 0.05) is 41.3 Å². The summed E-state index contributed by atoms with van der Waals surface area (Å²) in [4.78, 5) is 66.5. The Morgan fingerprint density at radius 1 is 0.684 bits per heavy atom. The van der Waals surface area contributed by atoms with Gasteiger partial charge in [-0.1, -0.05) is 0 Å². The van der Waals surface area contributed by atoms with Crippen molar-refractivity contribution in [1.82, 2.24) is 0 Å². The predicted molar refractivity (Wildman–Crippen MR) is 194 cm³/mol. The first-order valence-corrected chi connectivity index (χ1v) is 17.1. The van der Waals surface area contributed by atoms with Crippen molar-refractivity contribution in [2.45, 2.75) is 44.4 Å². The van der Waals surface area contributed by atoms with E-state index in [4.69, 9.17) is 60.9 Å². The minimum absolute atomic E-state index is 0.00446. The summed E-state index contributed by atoms with van der Waals surface area (Å²) in [7, 11) is 9.03. The fraction of sp³-hybridized carbons (Fsp3) is 0.395. The van der Waals surface area contributed by atoms with Gasteiger partial charge in [-0.3, -0.25) is 9.59 Å². The van der Waals surface area contributed by atoms with Crippen LogP contribution in [0.5, 0.6) is 40.2 Å². The molecule has 2 aromatic heterocycles. The molecule has 0 spiro atoms. The molecule has 7 rings (SSSR count). The molecule has 0 radical (unpaired) electrons. The number of hydrogen-bond donors (Lipinski definition) is 1. The number of carbonyl (C=O) groups excluding carboxylic acids is 3. The lowest BCUT2D eigenvalue weighted by molar-refractivity contribution is -0.169. The number of benzene rings is 3. The quantitative estimate of drug-likeness (QED) is 0.0827. The van der Waals surface area contributed by atoms with E-state index in [1.54, 1.807) is 0 Å². The first kappa shape index (κ1) is 38.8. The van der Waals surface area contributed by atoms with Crippen LogP contribution in [0, 0.1) is 0 Å². The Morgan fingerprint density at radius 2 is 1.28 bits per heavy atom. The van der Waals surface area contributed by atoms with Gasteiger partial charge in [-0.2, -0.15) is 0 Å². The Hall–Kier alpha value is -6.47. The SMILES string of the molecule is COc1cc2c(=O)oc3c(OC)c(OC)c(-c4c(OC)c(OC)c(OC)c5c4C(=O)O[C@@H]4[C@@H](O)[C@@H]([C@@H](COC(C)=O)OC(C)=O)O[C@H]54)c4c(=O)oc(c1OC)c2c34. The van der Waals surface area contributed by atoms with E-state index in [2.05, 4.69) is 0 Å². The fourth-order valence-electron chi connectivity index (χ4n) is 7.76. The number of ether oxygens (including phenoxy) is 11. The van der Waals surface area contributed by atoms with Crippen molar-refractivity contribution < 1.29 is 80.4 Å². The average Bonchev–Trinajstić information content (AvgIpc) is 3.51. The van der Waals surface area contributed by atoms with E-state index >= 15 is 0 Å². The Bertz CT molecular complexity index is 2580. The van der Waals surface area contributed by atoms with Crippen LogP contribution >= 0.6 is 0 Å². The maximum Gasteiger partial charge on any atom is 0.345 e. The summed E-state index contributed by atoms with van der Waals surface area (Å²) in [5.74, 6) is -3.21. The van der Waals surface area contributed by atoms with Crippen molar-refractivity contribution in [1.29, 1.82) is 0 Å². The number of methoxy groups -OCH3 is 7. The van der Waals surface area contributed by atoms with Gasteiger partial charge in [0.1, 0.15) is 24.9 Å². The molecule has 5 atom stereocenters. The third kappa shape index (κ3) is 5.67. The molecule has 1 saturated heterocycles. The number of hydrogen-bond acceptors (Lipinski definition) is 19. The van der Waals surface area contributed by atoms with Crippen LogP contribution in [-0.2, 0) is 28.5 Å². The molecular formula is C38H36O19. The largest absolute Gasteiger partial charge is 0.493 e. The molecule has 57 heavy (non-hydrogen) atoms. The van der Waals surface area contributed by atoms with Crippen molar-refractivity contribution in [3.8, 4) is 51.4 Å². The van der Waals surface area contributed by atoms with Gasteiger partial charge >= 0.3 is 29.2 Å². The third-order valence-electron chi connectivity index (χ3n) is 9.87. The Kier molecular flexibility index (Phi) is 9.90. The van der Waals surface area contributed by atoms with Gasteiger partial charge in [0.25, 0.3) is 0 Å². The number of fused-ring (bicyclic) bond motifs is 3. The number of esters is 3. The first-order valence-electron chi connectivity index (χ1n) is 17.1. The third-order valence-corrected chi connectivity index (χ3v) is 9.87. The molecule has 5 aromatic rings. The van der Waals surface area contributed by atoms with E-state index in [1.165, 1.54) is 55.8 Å². The highest BCUT2D eigenvalue weighted by atomic mass is 16.6. The van der Waals surface area contributed by atoms with Crippen LogP contribution < -0.4 is 44.4 Å². The van der Waals surface area contributed by atoms with Crippen molar-refractivity contribution >= 4 is 50.6 Å².